The van der Waals surface area contributed by atoms with Crippen LogP contribution in [0.4, 0.5) is 0 Å². The second-order valence-electron chi connectivity index (χ2n) is 5.15. The zero-order valence-corrected chi connectivity index (χ0v) is 9.86. The molecule has 1 saturated carbocycles. The Morgan fingerprint density at radius 1 is 1.19 bits per heavy atom. The lowest BCUT2D eigenvalue weighted by Gasteiger charge is -2.40. The van der Waals surface area contributed by atoms with E-state index < -0.39 is 0 Å². The minimum absolute atomic E-state index is 0.196. The molecular formula is C12H22N4. The summed E-state index contributed by atoms with van der Waals surface area (Å²) < 4.78 is 0. The van der Waals surface area contributed by atoms with Gasteiger partial charge in [-0.1, -0.05) is 0 Å². The van der Waals surface area contributed by atoms with E-state index in [1.807, 2.05) is 0 Å². The molecule has 0 amide bonds. The third kappa shape index (κ3) is 2.10. The maximum Gasteiger partial charge on any atom is 0.0570 e. The van der Waals surface area contributed by atoms with E-state index >= 15 is 0 Å². The largest absolute Gasteiger partial charge is 0.371 e. The number of hydrogen-bond acceptors (Lipinski definition) is 4. The zero-order chi connectivity index (χ0) is 11.0. The van der Waals surface area contributed by atoms with Gasteiger partial charge in [0.05, 0.1) is 6.04 Å². The molecule has 0 aromatic carbocycles. The minimum Gasteiger partial charge on any atom is -0.371 e. The summed E-state index contributed by atoms with van der Waals surface area (Å²) in [6, 6.07) is 1.11. The van der Waals surface area contributed by atoms with E-state index in [9.17, 15) is 0 Å². The Labute approximate surface area is 97.5 Å². The van der Waals surface area contributed by atoms with Gasteiger partial charge in [0.1, 0.15) is 0 Å². The first-order valence-corrected chi connectivity index (χ1v) is 6.50. The van der Waals surface area contributed by atoms with Crippen molar-refractivity contribution in [1.82, 2.24) is 15.1 Å². The van der Waals surface area contributed by atoms with Crippen molar-refractivity contribution in [1.29, 1.82) is 0 Å². The van der Waals surface area contributed by atoms with Crippen LogP contribution in [0.15, 0.2) is 11.8 Å². The smallest absolute Gasteiger partial charge is 0.0570 e. The molecule has 2 heterocycles. The van der Waals surface area contributed by atoms with Gasteiger partial charge < -0.3 is 16.0 Å². The molecule has 0 radical (unpaired) electrons. The highest BCUT2D eigenvalue weighted by atomic mass is 15.3. The van der Waals surface area contributed by atoms with Crippen molar-refractivity contribution in [2.45, 2.75) is 24.9 Å². The van der Waals surface area contributed by atoms with Crippen molar-refractivity contribution >= 4 is 0 Å². The maximum absolute atomic E-state index is 6.13. The maximum atomic E-state index is 6.13. The fraction of sp³-hybridized carbons (Fsp3) is 0.833. The molecule has 1 saturated heterocycles. The second-order valence-corrected chi connectivity index (χ2v) is 5.15. The molecule has 0 aromatic heterocycles. The Kier molecular flexibility index (Phi) is 2.88. The molecule has 16 heavy (non-hydrogen) atoms. The number of piperazine rings is 1. The van der Waals surface area contributed by atoms with E-state index in [4.69, 9.17) is 5.73 Å². The number of nitrogens with two attached hydrogens (primary N) is 1. The fourth-order valence-electron chi connectivity index (χ4n) is 2.82. The third-order valence-corrected chi connectivity index (χ3v) is 3.94. The van der Waals surface area contributed by atoms with Crippen molar-refractivity contribution in [3.8, 4) is 0 Å². The van der Waals surface area contributed by atoms with E-state index in [0.29, 0.717) is 0 Å². The number of nitrogens with zero attached hydrogens (tertiary/aromatic N) is 2. The van der Waals surface area contributed by atoms with Gasteiger partial charge in [-0.25, -0.2) is 0 Å². The molecule has 1 atom stereocenters. The molecule has 90 valence electrons. The van der Waals surface area contributed by atoms with Crippen LogP contribution in [0.25, 0.3) is 0 Å². The number of rotatable bonds is 2. The summed E-state index contributed by atoms with van der Waals surface area (Å²) in [6.45, 7) is 6.68. The Bertz CT molecular complexity index is 277. The van der Waals surface area contributed by atoms with Gasteiger partial charge in [-0.15, -0.1) is 0 Å². The van der Waals surface area contributed by atoms with Gasteiger partial charge in [-0.3, -0.25) is 4.90 Å². The van der Waals surface area contributed by atoms with Crippen LogP contribution in [0, 0.1) is 0 Å². The Hall–Kier alpha value is -0.580. The highest BCUT2D eigenvalue weighted by Gasteiger charge is 2.32. The molecule has 2 aliphatic heterocycles. The Morgan fingerprint density at radius 2 is 1.94 bits per heavy atom. The molecule has 1 unspecified atom stereocenters. The van der Waals surface area contributed by atoms with E-state index in [2.05, 4.69) is 21.2 Å². The first-order chi connectivity index (χ1) is 7.84. The summed E-state index contributed by atoms with van der Waals surface area (Å²) in [5, 5.41) is 3.30. The lowest BCUT2D eigenvalue weighted by atomic mass is 10.1. The van der Waals surface area contributed by atoms with Gasteiger partial charge in [0.15, 0.2) is 0 Å². The van der Waals surface area contributed by atoms with Gasteiger partial charge in [0, 0.05) is 51.0 Å². The summed E-state index contributed by atoms with van der Waals surface area (Å²) in [4.78, 5) is 5.13. The van der Waals surface area contributed by atoms with E-state index in [1.54, 1.807) is 0 Å². The summed E-state index contributed by atoms with van der Waals surface area (Å²) >= 11 is 0. The SMILES string of the molecule is NC1CNCC=C1N1CCN(C2CC2)CC1. The summed E-state index contributed by atoms with van der Waals surface area (Å²) in [5.41, 5.74) is 7.50. The molecule has 0 aromatic rings. The van der Waals surface area contributed by atoms with Crippen molar-refractivity contribution < 1.29 is 0 Å². The van der Waals surface area contributed by atoms with Gasteiger partial charge in [0.25, 0.3) is 0 Å². The van der Waals surface area contributed by atoms with Crippen LogP contribution in [0.5, 0.6) is 0 Å². The van der Waals surface area contributed by atoms with E-state index in [-0.39, 0.29) is 6.04 Å². The van der Waals surface area contributed by atoms with Gasteiger partial charge >= 0.3 is 0 Å². The van der Waals surface area contributed by atoms with Crippen molar-refractivity contribution in [3.63, 3.8) is 0 Å². The topological polar surface area (TPSA) is 44.5 Å². The second kappa shape index (κ2) is 4.35. The van der Waals surface area contributed by atoms with Gasteiger partial charge in [-0.05, 0) is 18.9 Å². The zero-order valence-electron chi connectivity index (χ0n) is 9.86. The predicted molar refractivity (Wildman–Crippen MR) is 65.1 cm³/mol. The van der Waals surface area contributed by atoms with Crippen molar-refractivity contribution in [3.05, 3.63) is 11.8 Å². The average molecular weight is 222 g/mol. The summed E-state index contributed by atoms with van der Waals surface area (Å²) in [5.74, 6) is 0. The van der Waals surface area contributed by atoms with E-state index in [0.717, 1.165) is 32.2 Å². The lowest BCUT2D eigenvalue weighted by Crippen LogP contribution is -2.52. The molecule has 0 spiro atoms. The quantitative estimate of drug-likeness (QED) is 0.666. The standard InChI is InChI=1S/C12H22N4/c13-11-9-14-4-3-12(11)16-7-5-15(6-8-16)10-1-2-10/h3,10-11,14H,1-2,4-9,13H2. The van der Waals surface area contributed by atoms with Crippen LogP contribution in [-0.4, -0.2) is 61.2 Å². The first-order valence-electron chi connectivity index (χ1n) is 6.50. The van der Waals surface area contributed by atoms with Crippen LogP contribution in [0.1, 0.15) is 12.8 Å². The molecule has 3 aliphatic rings. The normalized spacial score (nSPS) is 32.7. The number of hydrogen-bond donors (Lipinski definition) is 2. The fourth-order valence-corrected chi connectivity index (χ4v) is 2.82. The van der Waals surface area contributed by atoms with Gasteiger partial charge in [0.2, 0.25) is 0 Å². The molecule has 4 heteroatoms. The molecule has 1 aliphatic carbocycles. The molecule has 2 fully saturated rings. The molecule has 4 nitrogen and oxygen atoms in total. The van der Waals surface area contributed by atoms with E-state index in [1.165, 1.54) is 31.6 Å². The highest BCUT2D eigenvalue weighted by molar-refractivity contribution is 5.14. The Balaban J connectivity index is 1.58. The molecular weight excluding hydrogens is 200 g/mol. The first kappa shape index (κ1) is 10.6. The van der Waals surface area contributed by atoms with Gasteiger partial charge in [-0.2, -0.15) is 0 Å². The molecule has 3 N–H and O–H groups in total. The van der Waals surface area contributed by atoms with Crippen LogP contribution < -0.4 is 11.1 Å². The van der Waals surface area contributed by atoms with Crippen molar-refractivity contribution in [2.75, 3.05) is 39.3 Å². The number of nitrogens with one attached hydrogen (secondary N) is 1. The molecule has 0 bridgehead atoms. The summed E-state index contributed by atoms with van der Waals surface area (Å²) in [6.07, 6.45) is 5.11. The molecule has 3 rings (SSSR count). The van der Waals surface area contributed by atoms with Crippen LogP contribution in [0.3, 0.4) is 0 Å². The third-order valence-electron chi connectivity index (χ3n) is 3.94. The monoisotopic (exact) mass is 222 g/mol. The van der Waals surface area contributed by atoms with Crippen LogP contribution in [-0.2, 0) is 0 Å². The minimum atomic E-state index is 0.196. The summed E-state index contributed by atoms with van der Waals surface area (Å²) in [7, 11) is 0. The highest BCUT2D eigenvalue weighted by Crippen LogP contribution is 2.28. The van der Waals surface area contributed by atoms with Crippen LogP contribution in [0.2, 0.25) is 0 Å². The Morgan fingerprint density at radius 3 is 2.56 bits per heavy atom. The van der Waals surface area contributed by atoms with Crippen LogP contribution >= 0.6 is 0 Å². The van der Waals surface area contributed by atoms with Crippen molar-refractivity contribution in [2.24, 2.45) is 5.73 Å². The average Bonchev–Trinajstić information content (AvgIpc) is 3.14. The predicted octanol–water partition coefficient (Wildman–Crippen LogP) is -0.419. The lowest BCUT2D eigenvalue weighted by molar-refractivity contribution is 0.145.